The van der Waals surface area contributed by atoms with Gasteiger partial charge in [0.1, 0.15) is 6.61 Å². The zero-order valence-electron chi connectivity index (χ0n) is 7.86. The van der Waals surface area contributed by atoms with Gasteiger partial charge in [-0.1, -0.05) is 0 Å². The second-order valence-corrected chi connectivity index (χ2v) is 4.42. The molecule has 2 heterocycles. The van der Waals surface area contributed by atoms with Crippen LogP contribution in [0.25, 0.3) is 0 Å². The minimum atomic E-state index is -0.284. The van der Waals surface area contributed by atoms with Gasteiger partial charge in [0.25, 0.3) is 0 Å². The lowest BCUT2D eigenvalue weighted by molar-refractivity contribution is -0.141. The molecule has 2 rings (SSSR count). The standard InChI is InChI=1S/C9H11NO3S/c1-6(11)13-4-7-3-10-8(12)2-9(10)14-5-7/h5,9H,2-4H2,1H3/t9-/m1/s1. The van der Waals surface area contributed by atoms with Crippen LogP contribution in [0.5, 0.6) is 0 Å². The lowest BCUT2D eigenvalue weighted by Crippen LogP contribution is -2.52. The molecule has 0 unspecified atom stereocenters. The van der Waals surface area contributed by atoms with E-state index in [0.29, 0.717) is 24.9 Å². The van der Waals surface area contributed by atoms with Crippen molar-refractivity contribution < 1.29 is 14.3 Å². The zero-order valence-corrected chi connectivity index (χ0v) is 8.67. The van der Waals surface area contributed by atoms with Gasteiger partial charge in [-0.2, -0.15) is 0 Å². The molecule has 0 aromatic heterocycles. The number of thioether (sulfide) groups is 1. The largest absolute Gasteiger partial charge is 0.461 e. The van der Waals surface area contributed by atoms with Gasteiger partial charge in [-0.25, -0.2) is 0 Å². The fourth-order valence-electron chi connectivity index (χ4n) is 1.44. The molecule has 1 amide bonds. The summed E-state index contributed by atoms with van der Waals surface area (Å²) in [7, 11) is 0. The Balaban J connectivity index is 1.88. The first-order valence-electron chi connectivity index (χ1n) is 4.43. The summed E-state index contributed by atoms with van der Waals surface area (Å²) < 4.78 is 4.87. The predicted molar refractivity (Wildman–Crippen MR) is 52.4 cm³/mol. The maximum atomic E-state index is 11.1. The summed E-state index contributed by atoms with van der Waals surface area (Å²) in [6.45, 7) is 2.30. The highest BCUT2D eigenvalue weighted by molar-refractivity contribution is 8.02. The zero-order chi connectivity index (χ0) is 10.1. The summed E-state index contributed by atoms with van der Waals surface area (Å²) >= 11 is 1.63. The third-order valence-corrected chi connectivity index (χ3v) is 3.45. The first-order valence-corrected chi connectivity index (χ1v) is 5.37. The molecule has 5 heteroatoms. The lowest BCUT2D eigenvalue weighted by atomic mass is 10.1. The number of rotatable bonds is 2. The second-order valence-electron chi connectivity index (χ2n) is 3.37. The van der Waals surface area contributed by atoms with Gasteiger partial charge < -0.3 is 9.64 Å². The van der Waals surface area contributed by atoms with Crippen LogP contribution in [0.4, 0.5) is 0 Å². The Hall–Kier alpha value is -0.970. The summed E-state index contributed by atoms with van der Waals surface area (Å²) in [6, 6.07) is 0. The highest BCUT2D eigenvalue weighted by atomic mass is 32.2. The van der Waals surface area contributed by atoms with E-state index in [1.807, 2.05) is 10.3 Å². The third-order valence-electron chi connectivity index (χ3n) is 2.24. The molecule has 0 aliphatic carbocycles. The number of carbonyl (C=O) groups is 2. The van der Waals surface area contributed by atoms with E-state index < -0.39 is 0 Å². The number of nitrogens with zero attached hydrogens (tertiary/aromatic N) is 1. The van der Waals surface area contributed by atoms with Crippen LogP contribution in [0.2, 0.25) is 0 Å². The maximum absolute atomic E-state index is 11.1. The van der Waals surface area contributed by atoms with Crippen molar-refractivity contribution in [3.8, 4) is 0 Å². The molecule has 0 aromatic rings. The maximum Gasteiger partial charge on any atom is 0.302 e. The summed E-state index contributed by atoms with van der Waals surface area (Å²) in [5.74, 6) is -0.0936. The smallest absolute Gasteiger partial charge is 0.302 e. The van der Waals surface area contributed by atoms with Crippen molar-refractivity contribution in [1.29, 1.82) is 0 Å². The normalized spacial score (nSPS) is 24.9. The van der Waals surface area contributed by atoms with Gasteiger partial charge in [-0.05, 0) is 11.0 Å². The van der Waals surface area contributed by atoms with Crippen LogP contribution in [-0.4, -0.2) is 35.3 Å². The Labute approximate surface area is 86.3 Å². The summed E-state index contributed by atoms with van der Waals surface area (Å²) in [6.07, 6.45) is 0.641. The van der Waals surface area contributed by atoms with Crippen molar-refractivity contribution in [2.45, 2.75) is 18.7 Å². The Morgan fingerprint density at radius 2 is 2.57 bits per heavy atom. The van der Waals surface area contributed by atoms with Crippen molar-refractivity contribution in [1.82, 2.24) is 4.90 Å². The Bertz CT molecular complexity index is 313. The molecule has 0 N–H and O–H groups in total. The number of hydrogen-bond donors (Lipinski definition) is 0. The van der Waals surface area contributed by atoms with Gasteiger partial charge in [0.15, 0.2) is 0 Å². The molecule has 1 fully saturated rings. The fraction of sp³-hybridized carbons (Fsp3) is 0.556. The summed E-state index contributed by atoms with van der Waals surface area (Å²) in [5.41, 5.74) is 0.995. The Morgan fingerprint density at radius 1 is 1.79 bits per heavy atom. The third kappa shape index (κ3) is 1.77. The molecule has 76 valence electrons. The average Bonchev–Trinajstić information content (AvgIpc) is 2.14. The van der Waals surface area contributed by atoms with Crippen LogP contribution in [0, 0.1) is 0 Å². The van der Waals surface area contributed by atoms with Crippen molar-refractivity contribution >= 4 is 23.6 Å². The topological polar surface area (TPSA) is 46.6 Å². The van der Waals surface area contributed by atoms with Gasteiger partial charge in [0.05, 0.1) is 11.8 Å². The van der Waals surface area contributed by atoms with Crippen molar-refractivity contribution in [2.24, 2.45) is 0 Å². The average molecular weight is 213 g/mol. The first kappa shape index (κ1) is 9.58. The van der Waals surface area contributed by atoms with E-state index in [1.54, 1.807) is 11.8 Å². The summed E-state index contributed by atoms with van der Waals surface area (Å²) in [5, 5.41) is 2.32. The van der Waals surface area contributed by atoms with Gasteiger partial charge in [0, 0.05) is 13.5 Å². The van der Waals surface area contributed by atoms with Crippen LogP contribution in [0.15, 0.2) is 11.0 Å². The minimum Gasteiger partial charge on any atom is -0.461 e. The molecular weight excluding hydrogens is 202 g/mol. The number of esters is 1. The molecule has 1 atom stereocenters. The van der Waals surface area contributed by atoms with Gasteiger partial charge >= 0.3 is 5.97 Å². The van der Waals surface area contributed by atoms with E-state index in [4.69, 9.17) is 4.74 Å². The number of carbonyl (C=O) groups excluding carboxylic acids is 2. The van der Waals surface area contributed by atoms with Gasteiger partial charge in [-0.15, -0.1) is 11.8 Å². The van der Waals surface area contributed by atoms with Crippen molar-refractivity contribution in [2.75, 3.05) is 13.2 Å². The molecule has 0 aromatic carbocycles. The second kappa shape index (κ2) is 3.65. The molecule has 0 spiro atoms. The SMILES string of the molecule is CC(=O)OCC1=CS[C@@H]2CC(=O)N2C1. The molecule has 2 aliphatic rings. The quantitative estimate of drug-likeness (QED) is 0.501. The van der Waals surface area contributed by atoms with Crippen LogP contribution in [0.1, 0.15) is 13.3 Å². The van der Waals surface area contributed by atoms with Crippen LogP contribution in [0.3, 0.4) is 0 Å². The van der Waals surface area contributed by atoms with E-state index in [1.165, 1.54) is 6.92 Å². The van der Waals surface area contributed by atoms with E-state index in [2.05, 4.69) is 0 Å². The molecular formula is C9H11NO3S. The predicted octanol–water partition coefficient (Wildman–Crippen LogP) is 0.739. The van der Waals surface area contributed by atoms with Gasteiger partial charge in [0.2, 0.25) is 5.91 Å². The molecule has 2 aliphatic heterocycles. The van der Waals surface area contributed by atoms with Gasteiger partial charge in [-0.3, -0.25) is 9.59 Å². The molecule has 0 bridgehead atoms. The van der Waals surface area contributed by atoms with E-state index in [-0.39, 0.29) is 11.9 Å². The Kier molecular flexibility index (Phi) is 2.50. The van der Waals surface area contributed by atoms with Crippen molar-refractivity contribution in [3.63, 3.8) is 0 Å². The minimum absolute atomic E-state index is 0.191. The summed E-state index contributed by atoms with van der Waals surface area (Å²) in [4.78, 5) is 23.5. The number of hydrogen-bond acceptors (Lipinski definition) is 4. The van der Waals surface area contributed by atoms with E-state index in [0.717, 1.165) is 5.57 Å². The molecule has 14 heavy (non-hydrogen) atoms. The molecule has 4 nitrogen and oxygen atoms in total. The number of ether oxygens (including phenoxy) is 1. The van der Waals surface area contributed by atoms with Crippen LogP contribution < -0.4 is 0 Å². The Morgan fingerprint density at radius 3 is 3.21 bits per heavy atom. The van der Waals surface area contributed by atoms with Crippen molar-refractivity contribution in [3.05, 3.63) is 11.0 Å². The molecule has 0 saturated carbocycles. The molecule has 1 saturated heterocycles. The van der Waals surface area contributed by atoms with Crippen LogP contribution in [-0.2, 0) is 14.3 Å². The van der Waals surface area contributed by atoms with E-state index >= 15 is 0 Å². The fourth-order valence-corrected chi connectivity index (χ4v) is 2.51. The highest BCUT2D eigenvalue weighted by Crippen LogP contribution is 2.35. The highest BCUT2D eigenvalue weighted by Gasteiger charge is 2.38. The number of fused-ring (bicyclic) bond motifs is 1. The monoisotopic (exact) mass is 213 g/mol. The number of amides is 1. The van der Waals surface area contributed by atoms with E-state index in [9.17, 15) is 9.59 Å². The molecule has 0 radical (unpaired) electrons. The van der Waals surface area contributed by atoms with Crippen LogP contribution >= 0.6 is 11.8 Å². The lowest BCUT2D eigenvalue weighted by Gasteiger charge is -2.42. The number of β-lactam (4-membered cyclic amide) rings is 1. The first-order chi connectivity index (χ1) is 6.66.